The molecule has 1 atom stereocenters. The second-order valence-electron chi connectivity index (χ2n) is 6.21. The molecule has 1 fully saturated rings. The normalized spacial score (nSPS) is 15.6. The number of aryl methyl sites for hydroxylation is 1. The van der Waals surface area contributed by atoms with Crippen molar-refractivity contribution in [3.05, 3.63) is 35.1 Å². The fourth-order valence-electron chi connectivity index (χ4n) is 2.82. The number of halogens is 1. The number of carbonyl (C=O) groups is 1. The van der Waals surface area contributed by atoms with Gasteiger partial charge in [0.1, 0.15) is 5.82 Å². The van der Waals surface area contributed by atoms with Gasteiger partial charge in [-0.1, -0.05) is 12.1 Å². The monoisotopic (exact) mass is 307 g/mol. The maximum atomic E-state index is 13.4. The summed E-state index contributed by atoms with van der Waals surface area (Å²) < 4.78 is 18.4. The van der Waals surface area contributed by atoms with Crippen LogP contribution in [-0.4, -0.2) is 26.2 Å². The number of nitrogens with one attached hydrogen (secondary N) is 1. The van der Waals surface area contributed by atoms with Gasteiger partial charge in [-0.15, -0.1) is 0 Å². The van der Waals surface area contributed by atoms with Crippen molar-refractivity contribution in [1.29, 1.82) is 0 Å². The molecule has 1 aromatic carbocycles. The van der Waals surface area contributed by atoms with E-state index in [9.17, 15) is 9.18 Å². The lowest BCUT2D eigenvalue weighted by Gasteiger charge is -2.17. The van der Waals surface area contributed by atoms with E-state index in [1.165, 1.54) is 18.9 Å². The van der Waals surface area contributed by atoms with Crippen molar-refractivity contribution in [2.45, 2.75) is 44.9 Å². The number of rotatable bonds is 9. The summed E-state index contributed by atoms with van der Waals surface area (Å²) in [5.41, 5.74) is 1.75. The van der Waals surface area contributed by atoms with Crippen molar-refractivity contribution in [3.63, 3.8) is 0 Å². The maximum Gasteiger partial charge on any atom is 0.220 e. The van der Waals surface area contributed by atoms with Crippen molar-refractivity contribution in [2.24, 2.45) is 5.92 Å². The third-order valence-electron chi connectivity index (χ3n) is 4.30. The highest BCUT2D eigenvalue weighted by Gasteiger charge is 2.33. The summed E-state index contributed by atoms with van der Waals surface area (Å²) in [6.45, 7) is 3.20. The van der Waals surface area contributed by atoms with Gasteiger partial charge in [0.25, 0.3) is 0 Å². The minimum Gasteiger partial charge on any atom is -0.385 e. The smallest absolute Gasteiger partial charge is 0.220 e. The van der Waals surface area contributed by atoms with E-state index in [1.54, 1.807) is 14.0 Å². The van der Waals surface area contributed by atoms with Gasteiger partial charge in [-0.2, -0.15) is 0 Å². The molecule has 0 heterocycles. The van der Waals surface area contributed by atoms with Crippen LogP contribution in [0.2, 0.25) is 0 Å². The topological polar surface area (TPSA) is 38.3 Å². The summed E-state index contributed by atoms with van der Waals surface area (Å²) in [4.78, 5) is 12.1. The number of unbranched alkanes of at least 4 members (excludes halogenated alkanes) is 1. The van der Waals surface area contributed by atoms with Crippen LogP contribution in [0.4, 0.5) is 4.39 Å². The highest BCUT2D eigenvalue weighted by molar-refractivity contribution is 5.77. The zero-order valence-electron chi connectivity index (χ0n) is 13.5. The fourth-order valence-corrected chi connectivity index (χ4v) is 2.82. The molecule has 1 aromatic rings. The molecule has 3 nitrogen and oxygen atoms in total. The molecule has 0 saturated heterocycles. The molecule has 1 amide bonds. The SMILES string of the molecule is COCCCCNC(=O)CC(c1ccc(F)c(C)c1)C1CC1. The number of benzene rings is 1. The Morgan fingerprint density at radius 1 is 1.41 bits per heavy atom. The molecule has 1 saturated carbocycles. The zero-order valence-corrected chi connectivity index (χ0v) is 13.5. The van der Waals surface area contributed by atoms with Crippen LogP contribution < -0.4 is 5.32 Å². The van der Waals surface area contributed by atoms with Gasteiger partial charge in [-0.05, 0) is 61.6 Å². The first-order valence-corrected chi connectivity index (χ1v) is 8.13. The van der Waals surface area contributed by atoms with Crippen LogP contribution in [0, 0.1) is 18.7 Å². The summed E-state index contributed by atoms with van der Waals surface area (Å²) >= 11 is 0. The molecular formula is C18H26FNO2. The highest BCUT2D eigenvalue weighted by atomic mass is 19.1. The second kappa shape index (κ2) is 8.28. The van der Waals surface area contributed by atoms with E-state index in [2.05, 4.69) is 5.32 Å². The maximum absolute atomic E-state index is 13.4. The molecule has 1 unspecified atom stereocenters. The van der Waals surface area contributed by atoms with Gasteiger partial charge in [-0.25, -0.2) is 4.39 Å². The third kappa shape index (κ3) is 5.09. The van der Waals surface area contributed by atoms with Crippen molar-refractivity contribution in [1.82, 2.24) is 5.32 Å². The van der Waals surface area contributed by atoms with Crippen molar-refractivity contribution >= 4 is 5.91 Å². The Kier molecular flexibility index (Phi) is 6.37. The van der Waals surface area contributed by atoms with Crippen molar-refractivity contribution in [3.8, 4) is 0 Å². The zero-order chi connectivity index (χ0) is 15.9. The Morgan fingerprint density at radius 2 is 2.18 bits per heavy atom. The Hall–Kier alpha value is -1.42. The summed E-state index contributed by atoms with van der Waals surface area (Å²) in [5, 5.41) is 2.98. The van der Waals surface area contributed by atoms with Gasteiger partial charge >= 0.3 is 0 Å². The molecule has 0 aromatic heterocycles. The lowest BCUT2D eigenvalue weighted by Crippen LogP contribution is -2.26. The molecule has 2 rings (SSSR count). The van der Waals surface area contributed by atoms with Gasteiger partial charge < -0.3 is 10.1 Å². The van der Waals surface area contributed by atoms with E-state index < -0.39 is 0 Å². The fraction of sp³-hybridized carbons (Fsp3) is 0.611. The van der Waals surface area contributed by atoms with E-state index in [0.717, 1.165) is 25.0 Å². The van der Waals surface area contributed by atoms with Crippen LogP contribution in [0.3, 0.4) is 0 Å². The van der Waals surface area contributed by atoms with Crippen molar-refractivity contribution in [2.75, 3.05) is 20.3 Å². The largest absolute Gasteiger partial charge is 0.385 e. The quantitative estimate of drug-likeness (QED) is 0.708. The molecular weight excluding hydrogens is 281 g/mol. The predicted molar refractivity (Wildman–Crippen MR) is 85.3 cm³/mol. The minimum atomic E-state index is -0.180. The van der Waals surface area contributed by atoms with E-state index >= 15 is 0 Å². The number of hydrogen-bond donors (Lipinski definition) is 1. The Morgan fingerprint density at radius 3 is 2.82 bits per heavy atom. The summed E-state index contributed by atoms with van der Waals surface area (Å²) in [5.74, 6) is 0.708. The van der Waals surface area contributed by atoms with Crippen LogP contribution in [0.5, 0.6) is 0 Å². The summed E-state index contributed by atoms with van der Waals surface area (Å²) in [6, 6.07) is 5.24. The Bertz CT molecular complexity index is 500. The lowest BCUT2D eigenvalue weighted by atomic mass is 9.89. The molecule has 4 heteroatoms. The highest BCUT2D eigenvalue weighted by Crippen LogP contribution is 2.44. The molecule has 22 heavy (non-hydrogen) atoms. The van der Waals surface area contributed by atoms with Gasteiger partial charge in [-0.3, -0.25) is 4.79 Å². The molecule has 0 aliphatic heterocycles. The van der Waals surface area contributed by atoms with Crippen LogP contribution >= 0.6 is 0 Å². The summed E-state index contributed by atoms with van der Waals surface area (Å²) in [6.07, 6.45) is 4.73. The molecule has 122 valence electrons. The van der Waals surface area contributed by atoms with Gasteiger partial charge in [0, 0.05) is 26.7 Å². The Labute approximate surface area is 132 Å². The van der Waals surface area contributed by atoms with Crippen LogP contribution in [0.15, 0.2) is 18.2 Å². The molecule has 0 radical (unpaired) electrons. The number of carbonyl (C=O) groups excluding carboxylic acids is 1. The van der Waals surface area contributed by atoms with Gasteiger partial charge in [0.15, 0.2) is 0 Å². The summed E-state index contributed by atoms with van der Waals surface area (Å²) in [7, 11) is 1.68. The molecule has 0 bridgehead atoms. The molecule has 1 aliphatic carbocycles. The molecule has 1 aliphatic rings. The van der Waals surface area contributed by atoms with Crippen LogP contribution in [-0.2, 0) is 9.53 Å². The first-order valence-electron chi connectivity index (χ1n) is 8.13. The first kappa shape index (κ1) is 16.9. The van der Waals surface area contributed by atoms with Crippen LogP contribution in [0.25, 0.3) is 0 Å². The average Bonchev–Trinajstić information content (AvgIpc) is 3.32. The first-order chi connectivity index (χ1) is 10.6. The number of hydrogen-bond acceptors (Lipinski definition) is 2. The lowest BCUT2D eigenvalue weighted by molar-refractivity contribution is -0.121. The van der Waals surface area contributed by atoms with E-state index in [0.29, 0.717) is 24.4 Å². The molecule has 0 spiro atoms. The van der Waals surface area contributed by atoms with Crippen LogP contribution in [0.1, 0.15) is 49.1 Å². The number of amides is 1. The van der Waals surface area contributed by atoms with Gasteiger partial charge in [0.2, 0.25) is 5.91 Å². The minimum absolute atomic E-state index is 0.0938. The second-order valence-corrected chi connectivity index (χ2v) is 6.21. The molecule has 1 N–H and O–H groups in total. The third-order valence-corrected chi connectivity index (χ3v) is 4.30. The van der Waals surface area contributed by atoms with E-state index in [-0.39, 0.29) is 17.6 Å². The van der Waals surface area contributed by atoms with Gasteiger partial charge in [0.05, 0.1) is 0 Å². The van der Waals surface area contributed by atoms with E-state index in [4.69, 9.17) is 4.74 Å². The number of methoxy groups -OCH3 is 1. The number of ether oxygens (including phenoxy) is 1. The Balaban J connectivity index is 1.86. The predicted octanol–water partition coefficient (Wildman–Crippen LogP) is 3.56. The van der Waals surface area contributed by atoms with E-state index in [1.807, 2.05) is 12.1 Å². The average molecular weight is 307 g/mol. The standard InChI is InChI=1S/C18H26FNO2/c1-13-11-15(7-8-17(13)19)16(14-5-6-14)12-18(21)20-9-3-4-10-22-2/h7-8,11,14,16H,3-6,9-10,12H2,1-2H3,(H,20,21). The van der Waals surface area contributed by atoms with Crippen molar-refractivity contribution < 1.29 is 13.9 Å².